The van der Waals surface area contributed by atoms with Crippen molar-refractivity contribution in [1.82, 2.24) is 9.97 Å². The van der Waals surface area contributed by atoms with Crippen LogP contribution in [0.5, 0.6) is 0 Å². The fourth-order valence-electron chi connectivity index (χ4n) is 3.42. The number of halogens is 1. The Balaban J connectivity index is 1.70. The van der Waals surface area contributed by atoms with Crippen LogP contribution in [-0.4, -0.2) is 9.97 Å². The smallest absolute Gasteiger partial charge is 0.137 e. The van der Waals surface area contributed by atoms with E-state index >= 15 is 0 Å². The molecule has 5 rings (SSSR count). The summed E-state index contributed by atoms with van der Waals surface area (Å²) in [5, 5.41) is 2.58. The molecule has 5 aromatic rings. The number of rotatable bonds is 2. The summed E-state index contributed by atoms with van der Waals surface area (Å²) in [6.45, 7) is 0. The van der Waals surface area contributed by atoms with Gasteiger partial charge in [0, 0.05) is 28.1 Å². The lowest BCUT2D eigenvalue weighted by Crippen LogP contribution is -1.90. The molecule has 0 atom stereocenters. The number of hydrogen-bond donors (Lipinski definition) is 0. The molecule has 27 heavy (non-hydrogen) atoms. The molecule has 0 N–H and O–H groups in total. The fraction of sp³-hybridized carbons (Fsp3) is 0. The van der Waals surface area contributed by atoms with Crippen molar-refractivity contribution in [2.75, 3.05) is 0 Å². The monoisotopic (exact) mass is 366 g/mol. The molecule has 0 amide bonds. The third-order valence-electron chi connectivity index (χ3n) is 4.78. The number of fused-ring (bicyclic) bond motifs is 3. The third kappa shape index (κ3) is 2.84. The highest BCUT2D eigenvalue weighted by atomic mass is 35.5. The summed E-state index contributed by atoms with van der Waals surface area (Å²) in [6, 6.07) is 28.8. The van der Waals surface area contributed by atoms with Crippen molar-refractivity contribution in [1.29, 1.82) is 0 Å². The summed E-state index contributed by atoms with van der Waals surface area (Å²) in [6.07, 6.45) is 1.90. The molecule has 0 aliphatic carbocycles. The molecule has 0 spiro atoms. The van der Waals surface area contributed by atoms with E-state index in [9.17, 15) is 0 Å². The van der Waals surface area contributed by atoms with Gasteiger partial charge in [-0.05, 0) is 23.3 Å². The van der Waals surface area contributed by atoms with Gasteiger partial charge >= 0.3 is 0 Å². The first-order valence-corrected chi connectivity index (χ1v) is 9.17. The van der Waals surface area contributed by atoms with Gasteiger partial charge in [0.2, 0.25) is 0 Å². The van der Waals surface area contributed by atoms with Crippen LogP contribution >= 0.6 is 11.6 Å². The van der Waals surface area contributed by atoms with Crippen molar-refractivity contribution in [3.8, 4) is 22.3 Å². The number of hydrogen-bond acceptors (Lipinski definition) is 2. The highest BCUT2D eigenvalue weighted by Crippen LogP contribution is 2.33. The number of nitrogens with zero attached hydrogens (tertiary/aromatic N) is 2. The van der Waals surface area contributed by atoms with Crippen molar-refractivity contribution in [3.05, 3.63) is 96.3 Å². The standard InChI is InChI=1S/C24H15ClN2/c25-24-21(17-9-5-2-6-10-17)14-19-12-11-18-13-20(16-7-3-1-4-8-16)15-26-22(18)23(19)27-24/h1-15H. The molecule has 128 valence electrons. The Morgan fingerprint density at radius 1 is 0.593 bits per heavy atom. The average Bonchev–Trinajstić information content (AvgIpc) is 2.74. The van der Waals surface area contributed by atoms with Gasteiger partial charge < -0.3 is 0 Å². The van der Waals surface area contributed by atoms with E-state index in [1.165, 1.54) is 0 Å². The quantitative estimate of drug-likeness (QED) is 0.254. The van der Waals surface area contributed by atoms with Crippen LogP contribution in [0.15, 0.2) is 91.1 Å². The van der Waals surface area contributed by atoms with E-state index in [1.807, 2.05) is 54.7 Å². The maximum atomic E-state index is 6.53. The molecule has 0 fully saturated rings. The van der Waals surface area contributed by atoms with Crippen LogP contribution in [0.1, 0.15) is 0 Å². The molecule has 2 aromatic heterocycles. The first-order valence-electron chi connectivity index (χ1n) is 8.79. The predicted molar refractivity (Wildman–Crippen MR) is 113 cm³/mol. The van der Waals surface area contributed by atoms with E-state index in [4.69, 9.17) is 16.6 Å². The summed E-state index contributed by atoms with van der Waals surface area (Å²) >= 11 is 6.53. The van der Waals surface area contributed by atoms with Gasteiger partial charge in [-0.2, -0.15) is 0 Å². The van der Waals surface area contributed by atoms with E-state index in [0.29, 0.717) is 5.15 Å². The number of benzene rings is 3. The second kappa shape index (κ2) is 6.49. The Bertz CT molecular complexity index is 1270. The zero-order valence-corrected chi connectivity index (χ0v) is 15.2. The first kappa shape index (κ1) is 16.0. The van der Waals surface area contributed by atoms with Crippen molar-refractivity contribution < 1.29 is 0 Å². The van der Waals surface area contributed by atoms with E-state index in [2.05, 4.69) is 41.4 Å². The lowest BCUT2D eigenvalue weighted by molar-refractivity contribution is 1.37. The molecule has 3 aromatic carbocycles. The topological polar surface area (TPSA) is 25.8 Å². The van der Waals surface area contributed by atoms with Gasteiger partial charge in [0.1, 0.15) is 5.15 Å². The lowest BCUT2D eigenvalue weighted by Gasteiger charge is -2.09. The molecule has 2 nitrogen and oxygen atoms in total. The van der Waals surface area contributed by atoms with Crippen LogP contribution in [0.3, 0.4) is 0 Å². The molecule has 0 saturated carbocycles. The minimum atomic E-state index is 0.495. The van der Waals surface area contributed by atoms with Gasteiger partial charge in [0.25, 0.3) is 0 Å². The van der Waals surface area contributed by atoms with Gasteiger partial charge in [-0.25, -0.2) is 4.98 Å². The summed E-state index contributed by atoms with van der Waals surface area (Å²) in [7, 11) is 0. The molecule has 0 saturated heterocycles. The molecule has 3 heteroatoms. The Labute approximate surface area is 162 Å². The zero-order chi connectivity index (χ0) is 18.2. The molecule has 0 aliphatic rings. The number of pyridine rings is 2. The Hall–Kier alpha value is -3.23. The van der Waals surface area contributed by atoms with Crippen LogP contribution < -0.4 is 0 Å². The van der Waals surface area contributed by atoms with E-state index in [-0.39, 0.29) is 0 Å². The number of aromatic nitrogens is 2. The van der Waals surface area contributed by atoms with Crippen LogP contribution in [0.4, 0.5) is 0 Å². The average molecular weight is 367 g/mol. The van der Waals surface area contributed by atoms with Crippen molar-refractivity contribution in [2.24, 2.45) is 0 Å². The maximum absolute atomic E-state index is 6.53. The minimum Gasteiger partial charge on any atom is -0.253 e. The first-order chi connectivity index (χ1) is 13.3. The lowest BCUT2D eigenvalue weighted by atomic mass is 10.0. The molecular weight excluding hydrogens is 352 g/mol. The molecule has 0 aliphatic heterocycles. The van der Waals surface area contributed by atoms with E-state index < -0.39 is 0 Å². The molecule has 0 bridgehead atoms. The summed E-state index contributed by atoms with van der Waals surface area (Å²) in [5.41, 5.74) is 5.94. The summed E-state index contributed by atoms with van der Waals surface area (Å²) in [4.78, 5) is 9.39. The van der Waals surface area contributed by atoms with Gasteiger partial charge in [0.05, 0.1) is 11.0 Å². The maximum Gasteiger partial charge on any atom is 0.137 e. The van der Waals surface area contributed by atoms with Crippen molar-refractivity contribution in [3.63, 3.8) is 0 Å². The second-order valence-electron chi connectivity index (χ2n) is 6.49. The minimum absolute atomic E-state index is 0.495. The molecule has 2 heterocycles. The van der Waals surface area contributed by atoms with Gasteiger partial charge in [-0.3, -0.25) is 4.98 Å². The van der Waals surface area contributed by atoms with Crippen LogP contribution in [0, 0.1) is 0 Å². The Morgan fingerprint density at radius 3 is 1.93 bits per heavy atom. The summed E-state index contributed by atoms with van der Waals surface area (Å²) in [5.74, 6) is 0. The van der Waals surface area contributed by atoms with Crippen LogP contribution in [0.25, 0.3) is 44.1 Å². The largest absolute Gasteiger partial charge is 0.253 e. The summed E-state index contributed by atoms with van der Waals surface area (Å²) < 4.78 is 0. The predicted octanol–water partition coefficient (Wildman–Crippen LogP) is 6.77. The van der Waals surface area contributed by atoms with Crippen LogP contribution in [0.2, 0.25) is 5.15 Å². The molecule has 0 unspecified atom stereocenters. The molecular formula is C24H15ClN2. The third-order valence-corrected chi connectivity index (χ3v) is 5.07. The van der Waals surface area contributed by atoms with Gasteiger partial charge in [0.15, 0.2) is 0 Å². The normalized spacial score (nSPS) is 11.1. The van der Waals surface area contributed by atoms with Gasteiger partial charge in [-0.1, -0.05) is 84.4 Å². The second-order valence-corrected chi connectivity index (χ2v) is 6.85. The van der Waals surface area contributed by atoms with E-state index in [0.717, 1.165) is 44.1 Å². The van der Waals surface area contributed by atoms with E-state index in [1.54, 1.807) is 0 Å². The van der Waals surface area contributed by atoms with Gasteiger partial charge in [-0.15, -0.1) is 0 Å². The van der Waals surface area contributed by atoms with Crippen LogP contribution in [-0.2, 0) is 0 Å². The van der Waals surface area contributed by atoms with Crippen molar-refractivity contribution >= 4 is 33.4 Å². The zero-order valence-electron chi connectivity index (χ0n) is 14.4. The Kier molecular flexibility index (Phi) is 3.84. The Morgan fingerprint density at radius 2 is 1.22 bits per heavy atom. The van der Waals surface area contributed by atoms with Crippen molar-refractivity contribution in [2.45, 2.75) is 0 Å². The highest BCUT2D eigenvalue weighted by molar-refractivity contribution is 6.33. The SMILES string of the molecule is Clc1nc2c(ccc3cc(-c4ccccc4)cnc32)cc1-c1ccccc1. The fourth-order valence-corrected chi connectivity index (χ4v) is 3.67. The molecule has 0 radical (unpaired) electrons. The highest BCUT2D eigenvalue weighted by Gasteiger charge is 2.11.